The van der Waals surface area contributed by atoms with Crippen LogP contribution in [0.3, 0.4) is 0 Å². The third kappa shape index (κ3) is 4.44. The standard InChI is InChI=1S/C20H22N2O2S/c1-14(2)24-13-15-8-10-16(11-9-15)20(23)22(3)12-19-21-17-6-4-5-7-18(17)25-19/h4-11,14H,12-13H2,1-3H3. The second kappa shape index (κ2) is 7.76. The Morgan fingerprint density at radius 2 is 1.88 bits per heavy atom. The number of para-hydroxylation sites is 1. The Kier molecular flexibility index (Phi) is 5.46. The van der Waals surface area contributed by atoms with Crippen molar-refractivity contribution in [3.8, 4) is 0 Å². The Balaban J connectivity index is 1.65. The fourth-order valence-corrected chi connectivity index (χ4v) is 3.51. The number of benzene rings is 2. The molecule has 0 atom stereocenters. The van der Waals surface area contributed by atoms with E-state index in [4.69, 9.17) is 4.74 Å². The Hall–Kier alpha value is -2.24. The van der Waals surface area contributed by atoms with Crippen LogP contribution in [0.4, 0.5) is 0 Å². The van der Waals surface area contributed by atoms with E-state index in [2.05, 4.69) is 11.1 Å². The SMILES string of the molecule is CC(C)OCc1ccc(C(=O)N(C)Cc2nc3ccccc3s2)cc1. The van der Waals surface area contributed by atoms with E-state index in [1.165, 1.54) is 0 Å². The van der Waals surface area contributed by atoms with Crippen LogP contribution in [-0.4, -0.2) is 28.9 Å². The molecule has 0 saturated carbocycles. The van der Waals surface area contributed by atoms with Gasteiger partial charge in [0.1, 0.15) is 5.01 Å². The van der Waals surface area contributed by atoms with Crippen LogP contribution in [0.5, 0.6) is 0 Å². The molecule has 0 radical (unpaired) electrons. The normalized spacial score (nSPS) is 11.2. The number of fused-ring (bicyclic) bond motifs is 1. The second-order valence-corrected chi connectivity index (χ2v) is 7.41. The van der Waals surface area contributed by atoms with E-state index in [-0.39, 0.29) is 12.0 Å². The first kappa shape index (κ1) is 17.6. The summed E-state index contributed by atoms with van der Waals surface area (Å²) in [5, 5.41) is 0.944. The summed E-state index contributed by atoms with van der Waals surface area (Å²) in [7, 11) is 1.81. The first-order valence-corrected chi connectivity index (χ1v) is 9.15. The van der Waals surface area contributed by atoms with E-state index in [1.807, 2.05) is 63.4 Å². The largest absolute Gasteiger partial charge is 0.374 e. The van der Waals surface area contributed by atoms with Gasteiger partial charge in [-0.05, 0) is 43.7 Å². The van der Waals surface area contributed by atoms with Crippen molar-refractivity contribution in [2.75, 3.05) is 7.05 Å². The Morgan fingerprint density at radius 3 is 2.56 bits per heavy atom. The molecule has 0 fully saturated rings. The van der Waals surface area contributed by atoms with Gasteiger partial charge in [-0.25, -0.2) is 4.98 Å². The summed E-state index contributed by atoms with van der Waals surface area (Å²) in [6.45, 7) is 5.09. The number of ether oxygens (including phenoxy) is 1. The van der Waals surface area contributed by atoms with Crippen molar-refractivity contribution in [3.63, 3.8) is 0 Å². The number of nitrogens with zero attached hydrogens (tertiary/aromatic N) is 2. The number of rotatable bonds is 6. The molecule has 25 heavy (non-hydrogen) atoms. The Bertz CT molecular complexity index is 823. The maximum absolute atomic E-state index is 12.6. The third-order valence-electron chi connectivity index (χ3n) is 3.84. The fraction of sp³-hybridized carbons (Fsp3) is 0.300. The molecule has 0 spiro atoms. The lowest BCUT2D eigenvalue weighted by Gasteiger charge is -2.16. The summed E-state index contributed by atoms with van der Waals surface area (Å²) in [5.74, 6) is -0.00409. The molecule has 1 aromatic heterocycles. The van der Waals surface area contributed by atoms with Gasteiger partial charge in [-0.3, -0.25) is 4.79 Å². The lowest BCUT2D eigenvalue weighted by atomic mass is 10.1. The summed E-state index contributed by atoms with van der Waals surface area (Å²) >= 11 is 1.63. The Morgan fingerprint density at radius 1 is 1.16 bits per heavy atom. The first-order chi connectivity index (χ1) is 12.0. The summed E-state index contributed by atoms with van der Waals surface area (Å²) in [6.07, 6.45) is 0.196. The van der Waals surface area contributed by atoms with Crippen LogP contribution in [0.15, 0.2) is 48.5 Å². The molecule has 0 unspecified atom stereocenters. The van der Waals surface area contributed by atoms with Crippen molar-refractivity contribution < 1.29 is 9.53 Å². The molecule has 1 amide bonds. The summed E-state index contributed by atoms with van der Waals surface area (Å²) < 4.78 is 6.73. The van der Waals surface area contributed by atoms with Crippen LogP contribution in [0, 0.1) is 0 Å². The van der Waals surface area contributed by atoms with Crippen molar-refractivity contribution in [1.29, 1.82) is 0 Å². The molecular formula is C20H22N2O2S. The van der Waals surface area contributed by atoms with Crippen molar-refractivity contribution in [1.82, 2.24) is 9.88 Å². The minimum Gasteiger partial charge on any atom is -0.374 e. The maximum atomic E-state index is 12.6. The molecule has 0 bridgehead atoms. The highest BCUT2D eigenvalue weighted by molar-refractivity contribution is 7.18. The van der Waals surface area contributed by atoms with E-state index in [9.17, 15) is 4.79 Å². The van der Waals surface area contributed by atoms with Gasteiger partial charge in [-0.2, -0.15) is 0 Å². The number of aromatic nitrogens is 1. The number of carbonyl (C=O) groups is 1. The molecule has 3 rings (SSSR count). The van der Waals surface area contributed by atoms with Crippen molar-refractivity contribution in [3.05, 3.63) is 64.7 Å². The quantitative estimate of drug-likeness (QED) is 0.655. The van der Waals surface area contributed by atoms with E-state index in [0.717, 1.165) is 20.8 Å². The van der Waals surface area contributed by atoms with Gasteiger partial charge >= 0.3 is 0 Å². The van der Waals surface area contributed by atoms with Crippen molar-refractivity contribution >= 4 is 27.5 Å². The van der Waals surface area contributed by atoms with Crippen LogP contribution < -0.4 is 0 Å². The molecule has 4 nitrogen and oxygen atoms in total. The fourth-order valence-electron chi connectivity index (χ4n) is 2.49. The smallest absolute Gasteiger partial charge is 0.253 e. The van der Waals surface area contributed by atoms with Crippen LogP contribution in [-0.2, 0) is 17.9 Å². The number of carbonyl (C=O) groups excluding carboxylic acids is 1. The lowest BCUT2D eigenvalue weighted by Crippen LogP contribution is -2.26. The van der Waals surface area contributed by atoms with Gasteiger partial charge in [0.25, 0.3) is 5.91 Å². The molecule has 3 aromatic rings. The van der Waals surface area contributed by atoms with Crippen molar-refractivity contribution in [2.24, 2.45) is 0 Å². The summed E-state index contributed by atoms with van der Waals surface area (Å²) in [6, 6.07) is 15.6. The zero-order valence-electron chi connectivity index (χ0n) is 14.7. The molecule has 0 N–H and O–H groups in total. The number of thiazole rings is 1. The highest BCUT2D eigenvalue weighted by atomic mass is 32.1. The van der Waals surface area contributed by atoms with Crippen LogP contribution in [0.1, 0.15) is 34.8 Å². The van der Waals surface area contributed by atoms with Gasteiger partial charge in [-0.1, -0.05) is 24.3 Å². The van der Waals surface area contributed by atoms with Gasteiger partial charge in [0, 0.05) is 12.6 Å². The first-order valence-electron chi connectivity index (χ1n) is 8.33. The van der Waals surface area contributed by atoms with E-state index in [1.54, 1.807) is 16.2 Å². The van der Waals surface area contributed by atoms with E-state index < -0.39 is 0 Å². The minimum atomic E-state index is -0.00409. The molecule has 0 aliphatic carbocycles. The topological polar surface area (TPSA) is 42.4 Å². The molecular weight excluding hydrogens is 332 g/mol. The maximum Gasteiger partial charge on any atom is 0.253 e. The van der Waals surface area contributed by atoms with Crippen molar-refractivity contribution in [2.45, 2.75) is 33.1 Å². The summed E-state index contributed by atoms with van der Waals surface area (Å²) in [4.78, 5) is 18.9. The van der Waals surface area contributed by atoms with Gasteiger partial charge in [0.15, 0.2) is 0 Å². The average Bonchev–Trinajstić information content (AvgIpc) is 3.02. The minimum absolute atomic E-state index is 0.00409. The molecule has 0 aliphatic heterocycles. The Labute approximate surface area is 152 Å². The van der Waals surface area contributed by atoms with Gasteiger partial charge < -0.3 is 9.64 Å². The van der Waals surface area contributed by atoms with Crippen LogP contribution in [0.25, 0.3) is 10.2 Å². The van der Waals surface area contributed by atoms with Gasteiger partial charge in [0.05, 0.1) is 29.5 Å². The molecule has 130 valence electrons. The zero-order chi connectivity index (χ0) is 17.8. The van der Waals surface area contributed by atoms with Gasteiger partial charge in [0.2, 0.25) is 0 Å². The predicted octanol–water partition coefficient (Wildman–Crippen LogP) is 4.49. The average molecular weight is 354 g/mol. The molecule has 1 heterocycles. The second-order valence-electron chi connectivity index (χ2n) is 6.29. The predicted molar refractivity (Wildman–Crippen MR) is 102 cm³/mol. The van der Waals surface area contributed by atoms with Crippen LogP contribution >= 0.6 is 11.3 Å². The number of hydrogen-bond donors (Lipinski definition) is 0. The summed E-state index contributed by atoms with van der Waals surface area (Å²) in [5.41, 5.74) is 2.73. The molecule has 2 aromatic carbocycles. The van der Waals surface area contributed by atoms with Gasteiger partial charge in [-0.15, -0.1) is 11.3 Å². The third-order valence-corrected chi connectivity index (χ3v) is 4.86. The number of hydrogen-bond acceptors (Lipinski definition) is 4. The highest BCUT2D eigenvalue weighted by Gasteiger charge is 2.14. The van der Waals surface area contributed by atoms with Crippen LogP contribution in [0.2, 0.25) is 0 Å². The van der Waals surface area contributed by atoms with E-state index in [0.29, 0.717) is 18.7 Å². The zero-order valence-corrected chi connectivity index (χ0v) is 15.5. The molecule has 5 heteroatoms. The monoisotopic (exact) mass is 354 g/mol. The lowest BCUT2D eigenvalue weighted by molar-refractivity contribution is 0.0656. The number of amides is 1. The van der Waals surface area contributed by atoms with E-state index >= 15 is 0 Å². The molecule has 0 aliphatic rings. The highest BCUT2D eigenvalue weighted by Crippen LogP contribution is 2.22. The molecule has 0 saturated heterocycles.